The average Bonchev–Trinajstić information content (AvgIpc) is 2.77. The van der Waals surface area contributed by atoms with Gasteiger partial charge in [-0.2, -0.15) is 0 Å². The maximum Gasteiger partial charge on any atom is 0.323 e. The second kappa shape index (κ2) is 6.22. The largest absolute Gasteiger partial charge is 0.480 e. The molecule has 6 heteroatoms. The van der Waals surface area contributed by atoms with Gasteiger partial charge in [0, 0.05) is 6.07 Å². The first-order valence-corrected chi connectivity index (χ1v) is 7.09. The van der Waals surface area contributed by atoms with Crippen molar-refractivity contribution in [2.24, 2.45) is 0 Å². The second-order valence-electron chi connectivity index (χ2n) is 4.98. The van der Waals surface area contributed by atoms with Crippen molar-refractivity contribution < 1.29 is 14.3 Å². The predicted molar refractivity (Wildman–Crippen MR) is 78.7 cm³/mol. The van der Waals surface area contributed by atoms with Crippen LogP contribution in [0.3, 0.4) is 0 Å². The molecule has 0 radical (unpaired) electrons. The number of aromatic nitrogens is 2. The van der Waals surface area contributed by atoms with Crippen molar-refractivity contribution in [2.75, 3.05) is 13.1 Å². The molecule has 0 aliphatic rings. The standard InChI is InChI=1S/C15H20FN3O2/c1-4-18(5-2)10(3)15-17-12-8-11(16)6-7-13(12)19(15)9-14(20)21/h6-8,10H,4-5,9H2,1-3H3,(H,20,21). The van der Waals surface area contributed by atoms with E-state index in [-0.39, 0.29) is 18.4 Å². The zero-order chi connectivity index (χ0) is 15.6. The quantitative estimate of drug-likeness (QED) is 0.889. The molecule has 1 heterocycles. The number of benzene rings is 1. The Morgan fingerprint density at radius 2 is 2.10 bits per heavy atom. The molecule has 21 heavy (non-hydrogen) atoms. The maximum atomic E-state index is 13.4. The average molecular weight is 293 g/mol. The monoisotopic (exact) mass is 293 g/mol. The van der Waals surface area contributed by atoms with Gasteiger partial charge in [0.05, 0.1) is 17.1 Å². The summed E-state index contributed by atoms with van der Waals surface area (Å²) < 4.78 is 15.0. The Morgan fingerprint density at radius 3 is 2.67 bits per heavy atom. The number of carboxylic acids is 1. The lowest BCUT2D eigenvalue weighted by Gasteiger charge is -2.26. The third kappa shape index (κ3) is 3.05. The highest BCUT2D eigenvalue weighted by molar-refractivity contribution is 5.78. The molecular formula is C15H20FN3O2. The minimum absolute atomic E-state index is 0.0326. The van der Waals surface area contributed by atoms with Crippen LogP contribution in [-0.2, 0) is 11.3 Å². The lowest BCUT2D eigenvalue weighted by atomic mass is 10.2. The number of hydrogen-bond donors (Lipinski definition) is 1. The van der Waals surface area contributed by atoms with Gasteiger partial charge in [0.15, 0.2) is 0 Å². The van der Waals surface area contributed by atoms with Crippen molar-refractivity contribution in [1.29, 1.82) is 0 Å². The van der Waals surface area contributed by atoms with Crippen LogP contribution in [-0.4, -0.2) is 38.6 Å². The predicted octanol–water partition coefficient (Wildman–Crippen LogP) is 2.66. The van der Waals surface area contributed by atoms with E-state index in [0.29, 0.717) is 16.9 Å². The van der Waals surface area contributed by atoms with Crippen LogP contribution in [0.25, 0.3) is 11.0 Å². The minimum atomic E-state index is -0.938. The molecule has 0 spiro atoms. The molecule has 1 atom stereocenters. The van der Waals surface area contributed by atoms with Crippen LogP contribution in [0.5, 0.6) is 0 Å². The molecule has 0 aliphatic heterocycles. The molecule has 0 amide bonds. The van der Waals surface area contributed by atoms with Gasteiger partial charge in [-0.1, -0.05) is 13.8 Å². The highest BCUT2D eigenvalue weighted by Gasteiger charge is 2.22. The van der Waals surface area contributed by atoms with Crippen molar-refractivity contribution >= 4 is 17.0 Å². The second-order valence-corrected chi connectivity index (χ2v) is 4.98. The summed E-state index contributed by atoms with van der Waals surface area (Å²) in [4.78, 5) is 17.8. The Kier molecular flexibility index (Phi) is 4.57. The van der Waals surface area contributed by atoms with Crippen LogP contribution < -0.4 is 0 Å². The number of fused-ring (bicyclic) bond motifs is 1. The molecule has 1 aromatic heterocycles. The fourth-order valence-electron chi connectivity index (χ4n) is 2.68. The molecule has 0 aliphatic carbocycles. The lowest BCUT2D eigenvalue weighted by Crippen LogP contribution is -2.29. The number of halogens is 1. The smallest absolute Gasteiger partial charge is 0.323 e. The van der Waals surface area contributed by atoms with Gasteiger partial charge in [-0.05, 0) is 32.1 Å². The summed E-state index contributed by atoms with van der Waals surface area (Å²) in [5.41, 5.74) is 1.14. The normalized spacial score (nSPS) is 13.0. The summed E-state index contributed by atoms with van der Waals surface area (Å²) >= 11 is 0. The Hall–Kier alpha value is -1.95. The maximum absolute atomic E-state index is 13.4. The van der Waals surface area contributed by atoms with Crippen molar-refractivity contribution in [3.05, 3.63) is 29.8 Å². The Morgan fingerprint density at radius 1 is 1.43 bits per heavy atom. The van der Waals surface area contributed by atoms with E-state index in [9.17, 15) is 9.18 Å². The van der Waals surface area contributed by atoms with E-state index in [2.05, 4.69) is 9.88 Å². The van der Waals surface area contributed by atoms with E-state index in [0.717, 1.165) is 13.1 Å². The number of imidazole rings is 1. The zero-order valence-electron chi connectivity index (χ0n) is 12.5. The highest BCUT2D eigenvalue weighted by atomic mass is 19.1. The van der Waals surface area contributed by atoms with E-state index in [1.807, 2.05) is 20.8 Å². The van der Waals surface area contributed by atoms with E-state index < -0.39 is 5.97 Å². The van der Waals surface area contributed by atoms with Gasteiger partial charge in [-0.3, -0.25) is 9.69 Å². The van der Waals surface area contributed by atoms with Crippen LogP contribution in [0.4, 0.5) is 4.39 Å². The zero-order valence-corrected chi connectivity index (χ0v) is 12.5. The van der Waals surface area contributed by atoms with Crippen molar-refractivity contribution in [1.82, 2.24) is 14.5 Å². The number of carboxylic acid groups (broad SMARTS) is 1. The molecule has 0 saturated heterocycles. The third-order valence-electron chi connectivity index (χ3n) is 3.77. The van der Waals surface area contributed by atoms with Gasteiger partial charge in [-0.25, -0.2) is 9.37 Å². The summed E-state index contributed by atoms with van der Waals surface area (Å²) in [5, 5.41) is 9.12. The Bertz CT molecular complexity index is 650. The van der Waals surface area contributed by atoms with Crippen LogP contribution >= 0.6 is 0 Å². The van der Waals surface area contributed by atoms with Gasteiger partial charge in [-0.15, -0.1) is 0 Å². The van der Waals surface area contributed by atoms with E-state index in [4.69, 9.17) is 5.11 Å². The molecule has 2 aromatic rings. The van der Waals surface area contributed by atoms with Gasteiger partial charge in [0.1, 0.15) is 18.2 Å². The third-order valence-corrected chi connectivity index (χ3v) is 3.77. The molecule has 5 nitrogen and oxygen atoms in total. The molecule has 114 valence electrons. The fourth-order valence-corrected chi connectivity index (χ4v) is 2.68. The van der Waals surface area contributed by atoms with Gasteiger partial charge >= 0.3 is 5.97 Å². The number of hydrogen-bond acceptors (Lipinski definition) is 3. The van der Waals surface area contributed by atoms with Crippen LogP contribution in [0.2, 0.25) is 0 Å². The summed E-state index contributed by atoms with van der Waals surface area (Å²) in [6, 6.07) is 4.22. The van der Waals surface area contributed by atoms with Crippen LogP contribution in [0.1, 0.15) is 32.6 Å². The summed E-state index contributed by atoms with van der Waals surface area (Å²) in [7, 11) is 0. The molecule has 1 N–H and O–H groups in total. The van der Waals surface area contributed by atoms with Crippen molar-refractivity contribution in [3.8, 4) is 0 Å². The highest BCUT2D eigenvalue weighted by Crippen LogP contribution is 2.25. The van der Waals surface area contributed by atoms with Crippen LogP contribution in [0, 0.1) is 5.82 Å². The van der Waals surface area contributed by atoms with Gasteiger partial charge in [0.25, 0.3) is 0 Å². The summed E-state index contributed by atoms with van der Waals surface area (Å²) in [6.45, 7) is 7.57. The minimum Gasteiger partial charge on any atom is -0.480 e. The van der Waals surface area contributed by atoms with Gasteiger partial charge in [0.2, 0.25) is 0 Å². The number of carbonyl (C=O) groups is 1. The topological polar surface area (TPSA) is 58.4 Å². The first-order valence-electron chi connectivity index (χ1n) is 7.09. The van der Waals surface area contributed by atoms with E-state index in [1.165, 1.54) is 12.1 Å². The SMILES string of the molecule is CCN(CC)C(C)c1nc2cc(F)ccc2n1CC(=O)O. The summed E-state index contributed by atoms with van der Waals surface area (Å²) in [5.74, 6) is -0.655. The number of aliphatic carboxylic acids is 1. The summed E-state index contributed by atoms with van der Waals surface area (Å²) in [6.07, 6.45) is 0. The molecule has 0 bridgehead atoms. The first kappa shape index (κ1) is 15.4. The molecule has 2 rings (SSSR count). The Balaban J connectivity index is 2.57. The molecule has 0 fully saturated rings. The van der Waals surface area contributed by atoms with Crippen molar-refractivity contribution in [2.45, 2.75) is 33.4 Å². The molecule has 0 saturated carbocycles. The van der Waals surface area contributed by atoms with Gasteiger partial charge < -0.3 is 9.67 Å². The molecule has 1 aromatic carbocycles. The first-order chi connectivity index (χ1) is 9.97. The van der Waals surface area contributed by atoms with E-state index >= 15 is 0 Å². The van der Waals surface area contributed by atoms with E-state index in [1.54, 1.807) is 10.6 Å². The number of nitrogens with zero attached hydrogens (tertiary/aromatic N) is 3. The van der Waals surface area contributed by atoms with Crippen molar-refractivity contribution in [3.63, 3.8) is 0 Å². The fraction of sp³-hybridized carbons (Fsp3) is 0.467. The molecular weight excluding hydrogens is 273 g/mol. The Labute approximate surface area is 123 Å². The lowest BCUT2D eigenvalue weighted by molar-refractivity contribution is -0.137. The van der Waals surface area contributed by atoms with Crippen LogP contribution in [0.15, 0.2) is 18.2 Å². The number of rotatable bonds is 6. The molecule has 1 unspecified atom stereocenters.